The minimum absolute atomic E-state index is 0.00784. The molecule has 0 radical (unpaired) electrons. The van der Waals surface area contributed by atoms with Crippen molar-refractivity contribution >= 4 is 23.5 Å². The van der Waals surface area contributed by atoms with E-state index < -0.39 is 23.8 Å². The van der Waals surface area contributed by atoms with Gasteiger partial charge in [-0.3, -0.25) is 4.79 Å². The van der Waals surface area contributed by atoms with Gasteiger partial charge in [0.15, 0.2) is 0 Å². The largest absolute Gasteiger partial charge is 0.550 e. The Bertz CT molecular complexity index is 664. The summed E-state index contributed by atoms with van der Waals surface area (Å²) in [7, 11) is 0. The molecule has 2 bridgehead atoms. The fraction of sp³-hybridized carbons (Fsp3) is 0.312. The minimum Gasteiger partial charge on any atom is -0.550 e. The van der Waals surface area contributed by atoms with E-state index in [2.05, 4.69) is 5.32 Å². The van der Waals surface area contributed by atoms with Crippen LogP contribution in [0.5, 0.6) is 0 Å². The maximum atomic E-state index is 12.4. The molecule has 2 aliphatic carbocycles. The zero-order valence-corrected chi connectivity index (χ0v) is 11.5. The molecule has 1 aromatic rings. The van der Waals surface area contributed by atoms with Crippen LogP contribution in [-0.2, 0) is 9.59 Å². The highest BCUT2D eigenvalue weighted by Gasteiger charge is 2.48. The van der Waals surface area contributed by atoms with E-state index in [9.17, 15) is 24.6 Å². The third kappa shape index (κ3) is 2.36. The Morgan fingerprint density at radius 1 is 0.955 bits per heavy atom. The maximum Gasteiger partial charge on any atom is 0.228 e. The summed E-state index contributed by atoms with van der Waals surface area (Å²) >= 11 is 0. The number of hydrogen-bond acceptors (Lipinski definition) is 5. The molecule has 4 atom stereocenters. The van der Waals surface area contributed by atoms with Crippen molar-refractivity contribution in [3.8, 4) is 0 Å². The molecule has 0 saturated heterocycles. The normalized spacial score (nSPS) is 28.5. The van der Waals surface area contributed by atoms with E-state index in [1.165, 1.54) is 24.3 Å². The molecule has 1 saturated carbocycles. The summed E-state index contributed by atoms with van der Waals surface area (Å²) in [5, 5.41) is 24.6. The molecule has 1 amide bonds. The summed E-state index contributed by atoms with van der Waals surface area (Å²) in [6, 6.07) is 5.53. The SMILES string of the molecule is O=C([O-])c1ccc(NC(=O)[C@@H]2[C@@H](C(=O)[O-])[C@H]3C=C[C@H]2C3)cc1. The predicted octanol–water partition coefficient (Wildman–Crippen LogP) is -0.823. The number of carbonyl (C=O) groups is 3. The molecule has 1 aromatic carbocycles. The van der Waals surface area contributed by atoms with Crippen LogP contribution in [0, 0.1) is 23.7 Å². The van der Waals surface area contributed by atoms with Gasteiger partial charge in [0.2, 0.25) is 5.91 Å². The first kappa shape index (κ1) is 14.3. The van der Waals surface area contributed by atoms with E-state index in [0.717, 1.165) is 0 Å². The number of carbonyl (C=O) groups excluding carboxylic acids is 3. The molecule has 1 N–H and O–H groups in total. The number of benzene rings is 1. The summed E-state index contributed by atoms with van der Waals surface area (Å²) in [6.07, 6.45) is 4.37. The zero-order valence-electron chi connectivity index (χ0n) is 11.5. The molecule has 2 aliphatic rings. The van der Waals surface area contributed by atoms with E-state index in [-0.39, 0.29) is 23.3 Å². The molecular formula is C16H13NO5-2. The standard InChI is InChI=1S/C16H15NO5/c18-14(17-11-5-3-8(4-6-11)15(19)20)12-9-1-2-10(7-9)13(12)16(21)22/h1-6,9-10,12-13H,7H2,(H,17,18)(H,19,20)(H,21,22)/p-2/t9-,10-,12-,13-/m0/s1. The van der Waals surface area contributed by atoms with Gasteiger partial charge in [-0.05, 0) is 36.0 Å². The quantitative estimate of drug-likeness (QED) is 0.730. The Morgan fingerprint density at radius 3 is 2.09 bits per heavy atom. The first-order valence-corrected chi connectivity index (χ1v) is 6.99. The molecule has 0 heterocycles. The van der Waals surface area contributed by atoms with Crippen molar-refractivity contribution in [3.63, 3.8) is 0 Å². The number of fused-ring (bicyclic) bond motifs is 2. The summed E-state index contributed by atoms with van der Waals surface area (Å²) in [4.78, 5) is 34.3. The van der Waals surface area contributed by atoms with E-state index in [4.69, 9.17) is 0 Å². The smallest absolute Gasteiger partial charge is 0.228 e. The van der Waals surface area contributed by atoms with Crippen LogP contribution in [0.25, 0.3) is 0 Å². The van der Waals surface area contributed by atoms with Gasteiger partial charge >= 0.3 is 0 Å². The Hall–Kier alpha value is -2.63. The fourth-order valence-electron chi connectivity index (χ4n) is 3.42. The first-order chi connectivity index (χ1) is 10.5. The lowest BCUT2D eigenvalue weighted by Gasteiger charge is -2.27. The van der Waals surface area contributed by atoms with Gasteiger partial charge in [0.05, 0.1) is 11.9 Å². The first-order valence-electron chi connectivity index (χ1n) is 6.99. The van der Waals surface area contributed by atoms with Crippen molar-refractivity contribution in [2.45, 2.75) is 6.42 Å². The van der Waals surface area contributed by atoms with Crippen LogP contribution in [0.4, 0.5) is 5.69 Å². The van der Waals surface area contributed by atoms with Gasteiger partial charge in [-0.25, -0.2) is 0 Å². The number of allylic oxidation sites excluding steroid dienone is 2. The lowest BCUT2D eigenvalue weighted by Crippen LogP contribution is -2.42. The second-order valence-electron chi connectivity index (χ2n) is 5.67. The molecule has 22 heavy (non-hydrogen) atoms. The molecule has 6 heteroatoms. The maximum absolute atomic E-state index is 12.4. The molecular weight excluding hydrogens is 286 g/mol. The Labute approximate surface area is 126 Å². The van der Waals surface area contributed by atoms with Crippen molar-refractivity contribution < 1.29 is 24.6 Å². The van der Waals surface area contributed by atoms with Crippen molar-refractivity contribution in [2.24, 2.45) is 23.7 Å². The number of amides is 1. The zero-order chi connectivity index (χ0) is 15.9. The van der Waals surface area contributed by atoms with Crippen LogP contribution >= 0.6 is 0 Å². The minimum atomic E-state index is -1.30. The van der Waals surface area contributed by atoms with E-state index in [1.807, 2.05) is 12.2 Å². The van der Waals surface area contributed by atoms with Crippen LogP contribution in [0.3, 0.4) is 0 Å². The fourth-order valence-corrected chi connectivity index (χ4v) is 3.42. The number of nitrogens with one attached hydrogen (secondary N) is 1. The molecule has 114 valence electrons. The number of hydrogen-bond donors (Lipinski definition) is 1. The van der Waals surface area contributed by atoms with Crippen LogP contribution in [0.15, 0.2) is 36.4 Å². The van der Waals surface area contributed by atoms with Gasteiger partial charge in [0.1, 0.15) is 0 Å². The topological polar surface area (TPSA) is 109 Å². The van der Waals surface area contributed by atoms with Gasteiger partial charge < -0.3 is 25.1 Å². The molecule has 0 aliphatic heterocycles. The Kier molecular flexibility index (Phi) is 3.44. The lowest BCUT2D eigenvalue weighted by atomic mass is 9.82. The van der Waals surface area contributed by atoms with Crippen LogP contribution < -0.4 is 15.5 Å². The van der Waals surface area contributed by atoms with Gasteiger partial charge in [-0.1, -0.05) is 24.3 Å². The molecule has 3 rings (SSSR count). The summed E-state index contributed by atoms with van der Waals surface area (Å²) < 4.78 is 0. The highest BCUT2D eigenvalue weighted by Crippen LogP contribution is 2.48. The summed E-state index contributed by atoms with van der Waals surface area (Å²) in [5.41, 5.74) is 0.423. The monoisotopic (exact) mass is 299 g/mol. The predicted molar refractivity (Wildman–Crippen MR) is 72.1 cm³/mol. The summed E-state index contributed by atoms with van der Waals surface area (Å²) in [6.45, 7) is 0. The van der Waals surface area contributed by atoms with Crippen LogP contribution in [0.1, 0.15) is 16.8 Å². The Balaban J connectivity index is 1.75. The number of anilines is 1. The van der Waals surface area contributed by atoms with E-state index in [0.29, 0.717) is 12.1 Å². The molecule has 0 unspecified atom stereocenters. The van der Waals surface area contributed by atoms with E-state index >= 15 is 0 Å². The number of aliphatic carboxylic acids is 1. The van der Waals surface area contributed by atoms with Crippen molar-refractivity contribution in [2.75, 3.05) is 5.32 Å². The van der Waals surface area contributed by atoms with Gasteiger partial charge in [-0.2, -0.15) is 0 Å². The second kappa shape index (κ2) is 5.29. The lowest BCUT2D eigenvalue weighted by molar-refractivity contribution is -0.313. The van der Waals surface area contributed by atoms with Crippen LogP contribution in [-0.4, -0.2) is 17.8 Å². The van der Waals surface area contributed by atoms with Crippen molar-refractivity contribution in [3.05, 3.63) is 42.0 Å². The number of aromatic carboxylic acids is 1. The average molecular weight is 299 g/mol. The van der Waals surface area contributed by atoms with E-state index in [1.54, 1.807) is 0 Å². The van der Waals surface area contributed by atoms with Crippen LogP contribution in [0.2, 0.25) is 0 Å². The number of carboxylic acid groups (broad SMARTS) is 2. The third-order valence-electron chi connectivity index (χ3n) is 4.42. The summed E-state index contributed by atoms with van der Waals surface area (Å²) in [5.74, 6) is -4.58. The van der Waals surface area contributed by atoms with Crippen molar-refractivity contribution in [1.82, 2.24) is 0 Å². The molecule has 1 fully saturated rings. The highest BCUT2D eigenvalue weighted by atomic mass is 16.4. The van der Waals surface area contributed by atoms with Gasteiger partial charge in [0.25, 0.3) is 0 Å². The highest BCUT2D eigenvalue weighted by molar-refractivity contribution is 5.96. The van der Waals surface area contributed by atoms with Gasteiger partial charge in [-0.15, -0.1) is 0 Å². The molecule has 6 nitrogen and oxygen atoms in total. The number of carboxylic acids is 2. The Morgan fingerprint density at radius 2 is 1.55 bits per heavy atom. The average Bonchev–Trinajstić information content (AvgIpc) is 3.08. The molecule has 0 spiro atoms. The third-order valence-corrected chi connectivity index (χ3v) is 4.42. The molecule has 0 aromatic heterocycles. The van der Waals surface area contributed by atoms with Gasteiger partial charge in [0, 0.05) is 17.6 Å². The number of rotatable bonds is 4. The second-order valence-corrected chi connectivity index (χ2v) is 5.67. The van der Waals surface area contributed by atoms with Crippen molar-refractivity contribution in [1.29, 1.82) is 0 Å².